The van der Waals surface area contributed by atoms with Crippen molar-refractivity contribution >= 4 is 11.9 Å². The van der Waals surface area contributed by atoms with E-state index in [1.807, 2.05) is 0 Å². The van der Waals surface area contributed by atoms with E-state index in [1.54, 1.807) is 18.2 Å². The van der Waals surface area contributed by atoms with Crippen LogP contribution in [-0.2, 0) is 17.8 Å². The number of carbonyl (C=O) groups is 2. The Morgan fingerprint density at radius 2 is 1.51 bits per heavy atom. The summed E-state index contributed by atoms with van der Waals surface area (Å²) in [6.45, 7) is 1.83. The molecule has 186 valence electrons. The van der Waals surface area contributed by atoms with E-state index >= 15 is 0 Å². The van der Waals surface area contributed by atoms with Gasteiger partial charge in [0.15, 0.2) is 11.6 Å². The summed E-state index contributed by atoms with van der Waals surface area (Å²) < 4.78 is 40.4. The first kappa shape index (κ1) is 23.9. The molecule has 3 fully saturated rings. The van der Waals surface area contributed by atoms with Crippen LogP contribution in [0.15, 0.2) is 42.5 Å². The second kappa shape index (κ2) is 9.64. The molecule has 2 aromatic rings. The Hall–Kier alpha value is -2.87. The molecule has 0 aromatic heterocycles. The van der Waals surface area contributed by atoms with Crippen molar-refractivity contribution in [3.05, 3.63) is 71.0 Å². The average molecular weight is 486 g/mol. The van der Waals surface area contributed by atoms with Gasteiger partial charge in [-0.1, -0.05) is 31.0 Å². The highest BCUT2D eigenvalue weighted by molar-refractivity contribution is 6.07. The van der Waals surface area contributed by atoms with Gasteiger partial charge in [-0.15, -0.1) is 0 Å². The number of amides is 3. The molecular formula is C27H30F3N3O2. The third-order valence-electron chi connectivity index (χ3n) is 7.91. The summed E-state index contributed by atoms with van der Waals surface area (Å²) in [4.78, 5) is 30.6. The van der Waals surface area contributed by atoms with Crippen LogP contribution in [0.1, 0.15) is 49.7 Å². The molecule has 5 rings (SSSR count). The minimum atomic E-state index is -1.06. The molecule has 0 radical (unpaired) electrons. The predicted molar refractivity (Wildman–Crippen MR) is 125 cm³/mol. The standard InChI is InChI=1S/C27H30F3N3O2/c28-21-8-5-18(6-9-21)16-27(25(34)33(26(35)31-27)22-3-1-2-4-22)20-11-13-32(14-12-20)17-19-7-10-23(29)24(30)15-19/h5-10,15,20,22H,1-4,11-14,16-17H2,(H,31,35)/t27-/m0/s1. The molecule has 0 unspecified atom stereocenters. The van der Waals surface area contributed by atoms with E-state index in [0.717, 1.165) is 37.3 Å². The lowest BCUT2D eigenvalue weighted by Gasteiger charge is -2.41. The van der Waals surface area contributed by atoms with E-state index in [1.165, 1.54) is 23.1 Å². The van der Waals surface area contributed by atoms with Crippen LogP contribution in [0.3, 0.4) is 0 Å². The number of urea groups is 1. The topological polar surface area (TPSA) is 52.7 Å². The molecule has 0 bridgehead atoms. The van der Waals surface area contributed by atoms with Gasteiger partial charge in [0, 0.05) is 19.0 Å². The van der Waals surface area contributed by atoms with Gasteiger partial charge in [0.2, 0.25) is 0 Å². The van der Waals surface area contributed by atoms with Gasteiger partial charge in [-0.3, -0.25) is 14.6 Å². The van der Waals surface area contributed by atoms with E-state index in [9.17, 15) is 22.8 Å². The monoisotopic (exact) mass is 485 g/mol. The van der Waals surface area contributed by atoms with E-state index < -0.39 is 17.2 Å². The predicted octanol–water partition coefficient (Wildman–Crippen LogP) is 4.79. The number of nitrogens with one attached hydrogen (secondary N) is 1. The van der Waals surface area contributed by atoms with Gasteiger partial charge < -0.3 is 5.32 Å². The molecule has 1 atom stereocenters. The van der Waals surface area contributed by atoms with E-state index in [-0.39, 0.29) is 29.7 Å². The Morgan fingerprint density at radius 3 is 2.17 bits per heavy atom. The third kappa shape index (κ3) is 4.68. The van der Waals surface area contributed by atoms with Gasteiger partial charge >= 0.3 is 6.03 Å². The molecule has 1 N–H and O–H groups in total. The summed E-state index contributed by atoms with van der Waals surface area (Å²) in [5, 5.41) is 3.09. The Balaban J connectivity index is 1.35. The van der Waals surface area contributed by atoms with Crippen molar-refractivity contribution in [2.75, 3.05) is 13.1 Å². The maximum atomic E-state index is 13.9. The number of likely N-dealkylation sites (tertiary alicyclic amines) is 1. The quantitative estimate of drug-likeness (QED) is 0.599. The number of rotatable bonds is 6. The number of piperidine rings is 1. The summed E-state index contributed by atoms with van der Waals surface area (Å²) in [7, 11) is 0. The Bertz CT molecular complexity index is 1100. The van der Waals surface area contributed by atoms with Crippen molar-refractivity contribution in [2.24, 2.45) is 5.92 Å². The molecule has 1 saturated carbocycles. The van der Waals surface area contributed by atoms with Crippen LogP contribution in [0.2, 0.25) is 0 Å². The zero-order chi connectivity index (χ0) is 24.6. The van der Waals surface area contributed by atoms with Crippen molar-refractivity contribution in [2.45, 2.75) is 63.1 Å². The fourth-order valence-electron chi connectivity index (χ4n) is 6.05. The Morgan fingerprint density at radius 1 is 0.857 bits per heavy atom. The van der Waals surface area contributed by atoms with Crippen molar-refractivity contribution in [1.82, 2.24) is 15.1 Å². The molecule has 35 heavy (non-hydrogen) atoms. The van der Waals surface area contributed by atoms with E-state index in [4.69, 9.17) is 0 Å². The minimum absolute atomic E-state index is 0.0638. The molecule has 2 saturated heterocycles. The number of benzene rings is 2. The first-order valence-corrected chi connectivity index (χ1v) is 12.4. The molecule has 5 nitrogen and oxygen atoms in total. The molecular weight excluding hydrogens is 455 g/mol. The number of imide groups is 1. The molecule has 3 amide bonds. The van der Waals surface area contributed by atoms with Gasteiger partial charge in [0.05, 0.1) is 0 Å². The maximum absolute atomic E-state index is 13.9. The van der Waals surface area contributed by atoms with Gasteiger partial charge in [-0.25, -0.2) is 18.0 Å². The van der Waals surface area contributed by atoms with Crippen molar-refractivity contribution < 1.29 is 22.8 Å². The van der Waals surface area contributed by atoms with Crippen molar-refractivity contribution in [3.63, 3.8) is 0 Å². The summed E-state index contributed by atoms with van der Waals surface area (Å²) in [5.41, 5.74) is 0.435. The number of hydrogen-bond acceptors (Lipinski definition) is 3. The minimum Gasteiger partial charge on any atom is -0.322 e. The van der Waals surface area contributed by atoms with Crippen LogP contribution in [0, 0.1) is 23.4 Å². The number of hydrogen-bond donors (Lipinski definition) is 1. The zero-order valence-corrected chi connectivity index (χ0v) is 19.6. The largest absolute Gasteiger partial charge is 0.325 e. The van der Waals surface area contributed by atoms with Gasteiger partial charge in [0.25, 0.3) is 5.91 Å². The maximum Gasteiger partial charge on any atom is 0.325 e. The Labute approximate surface area is 203 Å². The highest BCUT2D eigenvalue weighted by Crippen LogP contribution is 2.39. The van der Waals surface area contributed by atoms with Crippen molar-refractivity contribution in [3.8, 4) is 0 Å². The van der Waals surface area contributed by atoms with E-state index in [2.05, 4.69) is 10.2 Å². The van der Waals surface area contributed by atoms with Crippen LogP contribution in [0.25, 0.3) is 0 Å². The smallest absolute Gasteiger partial charge is 0.322 e. The van der Waals surface area contributed by atoms with Crippen LogP contribution >= 0.6 is 0 Å². The summed E-state index contributed by atoms with van der Waals surface area (Å²) in [6, 6.07) is 9.66. The van der Waals surface area contributed by atoms with Crippen LogP contribution < -0.4 is 5.32 Å². The van der Waals surface area contributed by atoms with Crippen LogP contribution in [0.5, 0.6) is 0 Å². The summed E-state index contributed by atoms with van der Waals surface area (Å²) in [6.07, 6.45) is 5.35. The highest BCUT2D eigenvalue weighted by Gasteiger charge is 2.57. The lowest BCUT2D eigenvalue weighted by Crippen LogP contribution is -2.57. The molecule has 2 aromatic carbocycles. The molecule has 1 aliphatic carbocycles. The van der Waals surface area contributed by atoms with Crippen LogP contribution in [0.4, 0.5) is 18.0 Å². The number of nitrogens with zero attached hydrogens (tertiary/aromatic N) is 2. The first-order chi connectivity index (χ1) is 16.9. The summed E-state index contributed by atoms with van der Waals surface area (Å²) in [5.74, 6) is -2.32. The highest BCUT2D eigenvalue weighted by atomic mass is 19.2. The average Bonchev–Trinajstić information content (AvgIpc) is 3.45. The molecule has 2 heterocycles. The molecule has 3 aliphatic rings. The second-order valence-corrected chi connectivity index (χ2v) is 10.1. The first-order valence-electron chi connectivity index (χ1n) is 12.4. The summed E-state index contributed by atoms with van der Waals surface area (Å²) >= 11 is 0. The normalized spacial score (nSPS) is 24.4. The van der Waals surface area contributed by atoms with Crippen LogP contribution in [-0.4, -0.2) is 46.4 Å². The van der Waals surface area contributed by atoms with E-state index in [0.29, 0.717) is 44.5 Å². The second-order valence-electron chi connectivity index (χ2n) is 10.1. The number of halogens is 3. The number of carbonyl (C=O) groups excluding carboxylic acids is 2. The molecule has 2 aliphatic heterocycles. The molecule has 0 spiro atoms. The van der Waals surface area contributed by atoms with Gasteiger partial charge in [0.1, 0.15) is 11.4 Å². The lowest BCUT2D eigenvalue weighted by molar-refractivity contribution is -0.135. The van der Waals surface area contributed by atoms with Gasteiger partial charge in [-0.05, 0) is 80.1 Å². The molecule has 8 heteroatoms. The SMILES string of the molecule is O=C1N[C@@](Cc2ccc(F)cc2)(C2CCN(Cc3ccc(F)c(F)c3)CC2)C(=O)N1C1CCCC1. The zero-order valence-electron chi connectivity index (χ0n) is 19.6. The fraction of sp³-hybridized carbons (Fsp3) is 0.481. The fourth-order valence-corrected chi connectivity index (χ4v) is 6.05. The third-order valence-corrected chi connectivity index (χ3v) is 7.91. The Kier molecular flexibility index (Phi) is 6.57. The lowest BCUT2D eigenvalue weighted by atomic mass is 9.73. The van der Waals surface area contributed by atoms with Crippen molar-refractivity contribution in [1.29, 1.82) is 0 Å². The van der Waals surface area contributed by atoms with Gasteiger partial charge in [-0.2, -0.15) is 0 Å².